The summed E-state index contributed by atoms with van der Waals surface area (Å²) >= 11 is 3.06. The van der Waals surface area contributed by atoms with Gasteiger partial charge < -0.3 is 0 Å². The largest absolute Gasteiger partial charge is 0.285 e. The van der Waals surface area contributed by atoms with Crippen molar-refractivity contribution in [3.63, 3.8) is 0 Å². The number of aromatic nitrogens is 2. The summed E-state index contributed by atoms with van der Waals surface area (Å²) in [5, 5.41) is 2.88. The molecule has 0 atom stereocenters. The van der Waals surface area contributed by atoms with Gasteiger partial charge in [-0.15, -0.1) is 0 Å². The fourth-order valence-corrected chi connectivity index (χ4v) is 1.43. The average Bonchev–Trinajstić information content (AvgIpc) is 2.49. The lowest BCUT2D eigenvalue weighted by Gasteiger charge is -1.94. The molecule has 66 valence electrons. The molecule has 0 radical (unpaired) electrons. The fraction of sp³-hybridized carbons (Fsp3) is 0. The lowest BCUT2D eigenvalue weighted by molar-refractivity contribution is 1.00. The SMILES string of the molecule is O=c1cc(-c2ccccc2)[nH]n1Br. The van der Waals surface area contributed by atoms with Crippen molar-refractivity contribution in [3.05, 3.63) is 46.8 Å². The number of rotatable bonds is 1. The highest BCUT2D eigenvalue weighted by Crippen LogP contribution is 2.14. The quantitative estimate of drug-likeness (QED) is 0.811. The van der Waals surface area contributed by atoms with Gasteiger partial charge in [0.05, 0.1) is 21.8 Å². The molecule has 3 nitrogen and oxygen atoms in total. The van der Waals surface area contributed by atoms with Crippen molar-refractivity contribution >= 4 is 16.1 Å². The van der Waals surface area contributed by atoms with Gasteiger partial charge in [-0.2, -0.15) is 3.71 Å². The van der Waals surface area contributed by atoms with Crippen LogP contribution in [0.15, 0.2) is 41.2 Å². The second-order valence-electron chi connectivity index (χ2n) is 2.65. The Balaban J connectivity index is 2.54. The smallest absolute Gasteiger partial charge is 0.277 e. The number of nitrogens with zero attached hydrogens (tertiary/aromatic N) is 1. The van der Waals surface area contributed by atoms with Crippen molar-refractivity contribution < 1.29 is 0 Å². The number of H-pyrrole nitrogens is 1. The molecule has 0 amide bonds. The lowest BCUT2D eigenvalue weighted by Crippen LogP contribution is -2.03. The van der Waals surface area contributed by atoms with E-state index >= 15 is 0 Å². The maximum Gasteiger partial charge on any atom is 0.277 e. The van der Waals surface area contributed by atoms with E-state index in [-0.39, 0.29) is 5.56 Å². The standard InChI is InChI=1S/C9H7BrN2O/c10-12-9(13)6-8(11-12)7-4-2-1-3-5-7/h1-6,11H. The van der Waals surface area contributed by atoms with Crippen molar-refractivity contribution in [1.82, 2.24) is 8.81 Å². The highest BCUT2D eigenvalue weighted by molar-refractivity contribution is 9.08. The van der Waals surface area contributed by atoms with Crippen LogP contribution in [-0.4, -0.2) is 8.81 Å². The van der Waals surface area contributed by atoms with Gasteiger partial charge in [-0.25, -0.2) is 0 Å². The first-order valence-electron chi connectivity index (χ1n) is 3.81. The zero-order valence-corrected chi connectivity index (χ0v) is 8.28. The Labute approximate surface area is 83.3 Å². The van der Waals surface area contributed by atoms with Crippen LogP contribution >= 0.6 is 16.1 Å². The minimum Gasteiger partial charge on any atom is -0.285 e. The molecule has 13 heavy (non-hydrogen) atoms. The van der Waals surface area contributed by atoms with E-state index < -0.39 is 0 Å². The molecule has 4 heteroatoms. The molecule has 0 bridgehead atoms. The third-order valence-corrected chi connectivity index (χ3v) is 2.29. The lowest BCUT2D eigenvalue weighted by atomic mass is 10.2. The molecule has 0 saturated carbocycles. The summed E-state index contributed by atoms with van der Waals surface area (Å²) < 4.78 is 1.27. The number of benzene rings is 1. The fourth-order valence-electron chi connectivity index (χ4n) is 1.14. The van der Waals surface area contributed by atoms with Crippen molar-refractivity contribution in [2.24, 2.45) is 0 Å². The van der Waals surface area contributed by atoms with Gasteiger partial charge in [-0.05, 0) is 5.56 Å². The van der Waals surface area contributed by atoms with Gasteiger partial charge in [0, 0.05) is 6.07 Å². The van der Waals surface area contributed by atoms with Gasteiger partial charge in [0.25, 0.3) is 5.56 Å². The molecule has 2 aromatic rings. The first kappa shape index (κ1) is 8.31. The summed E-state index contributed by atoms with van der Waals surface area (Å²) in [5.74, 6) is 0. The van der Waals surface area contributed by atoms with E-state index in [0.717, 1.165) is 11.3 Å². The number of halogens is 1. The van der Waals surface area contributed by atoms with E-state index in [9.17, 15) is 4.79 Å². The zero-order valence-electron chi connectivity index (χ0n) is 6.70. The Morgan fingerprint density at radius 3 is 2.46 bits per heavy atom. The molecule has 0 fully saturated rings. The second-order valence-corrected chi connectivity index (χ2v) is 3.36. The summed E-state index contributed by atoms with van der Waals surface area (Å²) in [7, 11) is 0. The molecule has 0 saturated heterocycles. The Hall–Kier alpha value is -1.29. The summed E-state index contributed by atoms with van der Waals surface area (Å²) in [6.45, 7) is 0. The van der Waals surface area contributed by atoms with Gasteiger partial charge in [0.15, 0.2) is 0 Å². The summed E-state index contributed by atoms with van der Waals surface area (Å²) in [4.78, 5) is 11.1. The number of aromatic amines is 1. The summed E-state index contributed by atoms with van der Waals surface area (Å²) in [5.41, 5.74) is 1.71. The van der Waals surface area contributed by atoms with E-state index in [2.05, 4.69) is 21.2 Å². The highest BCUT2D eigenvalue weighted by Gasteiger charge is 2.01. The molecule has 0 spiro atoms. The van der Waals surface area contributed by atoms with Crippen molar-refractivity contribution in [3.8, 4) is 11.3 Å². The van der Waals surface area contributed by atoms with Crippen LogP contribution in [0.5, 0.6) is 0 Å². The molecule has 2 rings (SSSR count). The van der Waals surface area contributed by atoms with E-state index in [4.69, 9.17) is 0 Å². The topological polar surface area (TPSA) is 37.8 Å². The van der Waals surface area contributed by atoms with Crippen LogP contribution in [0.1, 0.15) is 0 Å². The van der Waals surface area contributed by atoms with Crippen LogP contribution in [-0.2, 0) is 0 Å². The minimum absolute atomic E-state index is 0.0983. The number of hydrogen-bond donors (Lipinski definition) is 1. The maximum atomic E-state index is 11.1. The van der Waals surface area contributed by atoms with Gasteiger partial charge in [-0.1, -0.05) is 30.3 Å². The normalized spacial score (nSPS) is 10.2. The van der Waals surface area contributed by atoms with Gasteiger partial charge in [-0.3, -0.25) is 9.89 Å². The van der Waals surface area contributed by atoms with Crippen molar-refractivity contribution in [2.45, 2.75) is 0 Å². The van der Waals surface area contributed by atoms with E-state index in [1.54, 1.807) is 6.07 Å². The van der Waals surface area contributed by atoms with E-state index in [1.807, 2.05) is 30.3 Å². The van der Waals surface area contributed by atoms with E-state index in [0.29, 0.717) is 0 Å². The van der Waals surface area contributed by atoms with Crippen LogP contribution in [0, 0.1) is 0 Å². The number of hydrogen-bond acceptors (Lipinski definition) is 1. The van der Waals surface area contributed by atoms with Crippen molar-refractivity contribution in [1.29, 1.82) is 0 Å². The summed E-state index contributed by atoms with van der Waals surface area (Å²) in [6, 6.07) is 11.2. The third-order valence-electron chi connectivity index (χ3n) is 1.76. The molecule has 0 aliphatic heterocycles. The van der Waals surface area contributed by atoms with Crippen LogP contribution in [0.25, 0.3) is 11.3 Å². The maximum absolute atomic E-state index is 11.1. The van der Waals surface area contributed by atoms with Crippen LogP contribution in [0.2, 0.25) is 0 Å². The number of nitrogens with one attached hydrogen (secondary N) is 1. The van der Waals surface area contributed by atoms with Crippen molar-refractivity contribution in [2.75, 3.05) is 0 Å². The molecule has 0 aliphatic rings. The molecule has 1 aromatic carbocycles. The second kappa shape index (κ2) is 3.22. The third kappa shape index (κ3) is 1.58. The van der Waals surface area contributed by atoms with E-state index in [1.165, 1.54) is 3.71 Å². The Bertz CT molecular complexity index is 458. The minimum atomic E-state index is -0.0983. The van der Waals surface area contributed by atoms with Gasteiger partial charge >= 0.3 is 0 Å². The molecule has 0 aliphatic carbocycles. The summed E-state index contributed by atoms with van der Waals surface area (Å²) in [6.07, 6.45) is 0. The monoisotopic (exact) mass is 238 g/mol. The highest BCUT2D eigenvalue weighted by atomic mass is 79.9. The van der Waals surface area contributed by atoms with Gasteiger partial charge in [0.2, 0.25) is 0 Å². The molecular weight excluding hydrogens is 232 g/mol. The predicted octanol–water partition coefficient (Wildman–Crippen LogP) is 2.00. The molecule has 1 aromatic heterocycles. The first-order valence-corrected chi connectivity index (χ1v) is 4.52. The molecule has 1 N–H and O–H groups in total. The first-order chi connectivity index (χ1) is 6.27. The average molecular weight is 239 g/mol. The molecule has 0 unspecified atom stereocenters. The Morgan fingerprint density at radius 2 is 1.92 bits per heavy atom. The zero-order chi connectivity index (χ0) is 9.26. The Morgan fingerprint density at radius 1 is 1.23 bits per heavy atom. The molecule has 1 heterocycles. The predicted molar refractivity (Wildman–Crippen MR) is 54.8 cm³/mol. The van der Waals surface area contributed by atoms with Crippen LogP contribution < -0.4 is 5.56 Å². The Kier molecular flexibility index (Phi) is 2.06. The molecular formula is C9H7BrN2O. The van der Waals surface area contributed by atoms with Gasteiger partial charge in [0.1, 0.15) is 0 Å². The van der Waals surface area contributed by atoms with Crippen LogP contribution in [0.4, 0.5) is 0 Å². The van der Waals surface area contributed by atoms with Crippen LogP contribution in [0.3, 0.4) is 0 Å².